The largest absolute Gasteiger partial charge is 0.494 e. The van der Waals surface area contributed by atoms with Crippen molar-refractivity contribution in [3.63, 3.8) is 0 Å². The minimum absolute atomic E-state index is 0.0225. The Bertz CT molecular complexity index is 479. The molecule has 1 saturated heterocycles. The highest BCUT2D eigenvalue weighted by Gasteiger charge is 2.29. The van der Waals surface area contributed by atoms with E-state index < -0.39 is 5.82 Å². The fraction of sp³-hybridized carbons (Fsp3) is 0.533. The predicted octanol–water partition coefficient (Wildman–Crippen LogP) is 2.33. The molecule has 0 saturated carbocycles. The molecule has 4 nitrogen and oxygen atoms in total. The SMILES string of the molecule is CCCNC1CCCN(c2ccc(OC)c(F)c2)C1=O. The molecule has 5 heteroatoms. The van der Waals surface area contributed by atoms with E-state index in [0.717, 1.165) is 25.8 Å². The summed E-state index contributed by atoms with van der Waals surface area (Å²) in [4.78, 5) is 14.1. The number of benzene rings is 1. The van der Waals surface area contributed by atoms with Crippen LogP contribution in [0.4, 0.5) is 10.1 Å². The average molecular weight is 280 g/mol. The maximum atomic E-state index is 13.8. The van der Waals surface area contributed by atoms with Crippen molar-refractivity contribution in [3.05, 3.63) is 24.0 Å². The molecule has 20 heavy (non-hydrogen) atoms. The second-order valence-electron chi connectivity index (χ2n) is 4.96. The van der Waals surface area contributed by atoms with Crippen LogP contribution in [0.15, 0.2) is 18.2 Å². The van der Waals surface area contributed by atoms with Crippen molar-refractivity contribution in [2.75, 3.05) is 25.1 Å². The standard InChI is InChI=1S/C15H21FN2O2/c1-3-8-17-13-5-4-9-18(15(13)19)11-6-7-14(20-2)12(16)10-11/h6-7,10,13,17H,3-5,8-9H2,1-2H3. The van der Waals surface area contributed by atoms with E-state index in [2.05, 4.69) is 12.2 Å². The molecule has 1 aliphatic heterocycles. The Hall–Kier alpha value is -1.62. The van der Waals surface area contributed by atoms with Gasteiger partial charge in [-0.05, 0) is 37.9 Å². The van der Waals surface area contributed by atoms with Gasteiger partial charge in [-0.2, -0.15) is 0 Å². The van der Waals surface area contributed by atoms with Crippen LogP contribution >= 0.6 is 0 Å². The lowest BCUT2D eigenvalue weighted by molar-refractivity contribution is -0.121. The molecule has 1 fully saturated rings. The highest BCUT2D eigenvalue weighted by atomic mass is 19.1. The van der Waals surface area contributed by atoms with Crippen LogP contribution in [0, 0.1) is 5.82 Å². The average Bonchev–Trinajstić information content (AvgIpc) is 2.46. The number of piperidine rings is 1. The molecule has 0 aliphatic carbocycles. The van der Waals surface area contributed by atoms with Gasteiger partial charge in [0.2, 0.25) is 5.91 Å². The molecule has 1 N–H and O–H groups in total. The van der Waals surface area contributed by atoms with Gasteiger partial charge >= 0.3 is 0 Å². The third kappa shape index (κ3) is 3.10. The van der Waals surface area contributed by atoms with E-state index in [0.29, 0.717) is 12.2 Å². The van der Waals surface area contributed by atoms with Gasteiger partial charge in [-0.15, -0.1) is 0 Å². The van der Waals surface area contributed by atoms with E-state index in [1.54, 1.807) is 17.0 Å². The Morgan fingerprint density at radius 3 is 2.95 bits per heavy atom. The third-order valence-corrected chi connectivity index (χ3v) is 3.53. The molecular weight excluding hydrogens is 259 g/mol. The summed E-state index contributed by atoms with van der Waals surface area (Å²) >= 11 is 0. The number of halogens is 1. The predicted molar refractivity (Wildman–Crippen MR) is 76.6 cm³/mol. The van der Waals surface area contributed by atoms with Gasteiger partial charge in [0.25, 0.3) is 0 Å². The number of rotatable bonds is 5. The van der Waals surface area contributed by atoms with Crippen molar-refractivity contribution in [1.29, 1.82) is 0 Å². The third-order valence-electron chi connectivity index (χ3n) is 3.53. The molecule has 1 aromatic carbocycles. The number of hydrogen-bond donors (Lipinski definition) is 1. The summed E-state index contributed by atoms with van der Waals surface area (Å²) < 4.78 is 18.7. The van der Waals surface area contributed by atoms with Gasteiger partial charge < -0.3 is 15.0 Å². The zero-order chi connectivity index (χ0) is 14.5. The number of amides is 1. The van der Waals surface area contributed by atoms with E-state index in [9.17, 15) is 9.18 Å². The number of methoxy groups -OCH3 is 1. The van der Waals surface area contributed by atoms with Gasteiger partial charge in [0.1, 0.15) is 0 Å². The lowest BCUT2D eigenvalue weighted by Gasteiger charge is -2.33. The van der Waals surface area contributed by atoms with Crippen LogP contribution in [-0.4, -0.2) is 32.1 Å². The first-order valence-electron chi connectivity index (χ1n) is 7.05. The van der Waals surface area contributed by atoms with Gasteiger partial charge in [-0.25, -0.2) is 4.39 Å². The van der Waals surface area contributed by atoms with Crippen LogP contribution in [0.2, 0.25) is 0 Å². The molecule has 1 atom stereocenters. The normalized spacial score (nSPS) is 19.2. The highest BCUT2D eigenvalue weighted by Crippen LogP contribution is 2.26. The number of carbonyl (C=O) groups is 1. The van der Waals surface area contributed by atoms with E-state index in [4.69, 9.17) is 4.74 Å². The maximum absolute atomic E-state index is 13.8. The second-order valence-corrected chi connectivity index (χ2v) is 4.96. The molecule has 0 radical (unpaired) electrons. The summed E-state index contributed by atoms with van der Waals surface area (Å²) in [6.45, 7) is 3.52. The van der Waals surface area contributed by atoms with Crippen molar-refractivity contribution in [3.8, 4) is 5.75 Å². The summed E-state index contributed by atoms with van der Waals surface area (Å²) in [6, 6.07) is 4.48. The Kier molecular flexibility index (Phi) is 4.95. The van der Waals surface area contributed by atoms with Crippen molar-refractivity contribution in [2.24, 2.45) is 0 Å². The smallest absolute Gasteiger partial charge is 0.244 e. The number of nitrogens with zero attached hydrogens (tertiary/aromatic N) is 1. The number of nitrogens with one attached hydrogen (secondary N) is 1. The van der Waals surface area contributed by atoms with E-state index >= 15 is 0 Å². The van der Waals surface area contributed by atoms with Crippen molar-refractivity contribution >= 4 is 11.6 Å². The van der Waals surface area contributed by atoms with Gasteiger partial charge in [0, 0.05) is 18.3 Å². The molecular formula is C15H21FN2O2. The van der Waals surface area contributed by atoms with Crippen LogP contribution < -0.4 is 15.0 Å². The Labute approximate surface area is 118 Å². The molecule has 1 heterocycles. The highest BCUT2D eigenvalue weighted by molar-refractivity contribution is 5.98. The molecule has 1 aromatic rings. The molecule has 1 unspecified atom stereocenters. The minimum Gasteiger partial charge on any atom is -0.494 e. The van der Waals surface area contributed by atoms with E-state index in [-0.39, 0.29) is 17.7 Å². The Morgan fingerprint density at radius 2 is 2.30 bits per heavy atom. The van der Waals surface area contributed by atoms with Crippen LogP contribution in [0.3, 0.4) is 0 Å². The van der Waals surface area contributed by atoms with Crippen LogP contribution in [0.25, 0.3) is 0 Å². The molecule has 110 valence electrons. The van der Waals surface area contributed by atoms with Crippen LogP contribution in [0.1, 0.15) is 26.2 Å². The second kappa shape index (κ2) is 6.70. The van der Waals surface area contributed by atoms with Gasteiger partial charge in [0.05, 0.1) is 13.2 Å². The first-order chi connectivity index (χ1) is 9.67. The van der Waals surface area contributed by atoms with Gasteiger partial charge in [-0.3, -0.25) is 4.79 Å². The first kappa shape index (κ1) is 14.8. The minimum atomic E-state index is -0.443. The zero-order valence-corrected chi connectivity index (χ0v) is 12.0. The van der Waals surface area contributed by atoms with Crippen molar-refractivity contribution in [2.45, 2.75) is 32.2 Å². The topological polar surface area (TPSA) is 41.6 Å². The Balaban J connectivity index is 2.14. The summed E-state index contributed by atoms with van der Waals surface area (Å²) in [5.41, 5.74) is 0.594. The summed E-state index contributed by atoms with van der Waals surface area (Å²) in [6.07, 6.45) is 2.75. The molecule has 1 aliphatic rings. The zero-order valence-electron chi connectivity index (χ0n) is 12.0. The lowest BCUT2D eigenvalue weighted by Crippen LogP contribution is -2.51. The van der Waals surface area contributed by atoms with Crippen LogP contribution in [-0.2, 0) is 4.79 Å². The molecule has 2 rings (SSSR count). The first-order valence-corrected chi connectivity index (χ1v) is 7.05. The quantitative estimate of drug-likeness (QED) is 0.900. The maximum Gasteiger partial charge on any atom is 0.244 e. The summed E-state index contributed by atoms with van der Waals surface area (Å²) in [7, 11) is 1.43. The fourth-order valence-electron chi connectivity index (χ4n) is 2.46. The van der Waals surface area contributed by atoms with Gasteiger partial charge in [0.15, 0.2) is 11.6 Å². The number of ether oxygens (including phenoxy) is 1. The van der Waals surface area contributed by atoms with Crippen LogP contribution in [0.5, 0.6) is 5.75 Å². The lowest BCUT2D eigenvalue weighted by atomic mass is 10.0. The van der Waals surface area contributed by atoms with E-state index in [1.807, 2.05) is 0 Å². The van der Waals surface area contributed by atoms with Crippen molar-refractivity contribution < 1.29 is 13.9 Å². The molecule has 0 aromatic heterocycles. The summed E-state index contributed by atoms with van der Waals surface area (Å²) in [5.74, 6) is -0.227. The van der Waals surface area contributed by atoms with Crippen molar-refractivity contribution in [1.82, 2.24) is 5.32 Å². The van der Waals surface area contributed by atoms with Gasteiger partial charge in [-0.1, -0.05) is 6.92 Å². The number of hydrogen-bond acceptors (Lipinski definition) is 3. The summed E-state index contributed by atoms with van der Waals surface area (Å²) in [5, 5.41) is 3.25. The fourth-order valence-corrected chi connectivity index (χ4v) is 2.46. The molecule has 0 spiro atoms. The monoisotopic (exact) mass is 280 g/mol. The Morgan fingerprint density at radius 1 is 1.50 bits per heavy atom. The molecule has 0 bridgehead atoms. The number of carbonyl (C=O) groups excluding carboxylic acids is 1. The number of anilines is 1. The van der Waals surface area contributed by atoms with E-state index in [1.165, 1.54) is 13.2 Å². The molecule has 1 amide bonds.